The molecule has 4 heteroatoms. The Morgan fingerprint density at radius 1 is 1.05 bits per heavy atom. The Hall–Kier alpha value is -2.23. The number of carbonyl (C=O) groups is 1. The van der Waals surface area contributed by atoms with Crippen LogP contribution in [-0.2, 0) is 0 Å². The summed E-state index contributed by atoms with van der Waals surface area (Å²) in [6.07, 6.45) is 0. The summed E-state index contributed by atoms with van der Waals surface area (Å²) >= 11 is 0. The fourth-order valence-corrected chi connectivity index (χ4v) is 1.79. The Bertz CT molecular complexity index is 581. The monoisotopic (exact) mass is 261 g/mol. The second-order valence-electron chi connectivity index (χ2n) is 4.24. The zero-order valence-corrected chi connectivity index (χ0v) is 10.4. The first-order valence-electron chi connectivity index (χ1n) is 5.82. The van der Waals surface area contributed by atoms with E-state index in [1.54, 1.807) is 25.2 Å². The molecule has 0 radical (unpaired) electrons. The predicted octanol–water partition coefficient (Wildman–Crippen LogP) is 3.28. The van der Waals surface area contributed by atoms with Gasteiger partial charge in [0.2, 0.25) is 0 Å². The minimum absolute atomic E-state index is 0.0343. The van der Waals surface area contributed by atoms with Crippen molar-refractivity contribution in [2.75, 3.05) is 18.5 Å². The Morgan fingerprint density at radius 3 is 2.32 bits per heavy atom. The van der Waals surface area contributed by atoms with Gasteiger partial charge in [0.25, 0.3) is 0 Å². The second-order valence-corrected chi connectivity index (χ2v) is 4.24. The standard InChI is InChI=1S/C15H13F2NO/c1-18(14-5-3-2-4-13(14)17)10-15(19)11-6-8-12(16)9-7-11/h2-9H,10H2,1H3. The first kappa shape index (κ1) is 13.2. The van der Waals surface area contributed by atoms with Crippen LogP contribution >= 0.6 is 0 Å². The predicted molar refractivity (Wildman–Crippen MR) is 70.4 cm³/mol. The molecule has 0 heterocycles. The molecule has 0 amide bonds. The van der Waals surface area contributed by atoms with Crippen LogP contribution < -0.4 is 4.90 Å². The maximum absolute atomic E-state index is 13.5. The lowest BCUT2D eigenvalue weighted by molar-refractivity contribution is 0.1000. The van der Waals surface area contributed by atoms with Gasteiger partial charge >= 0.3 is 0 Å². The van der Waals surface area contributed by atoms with Crippen LogP contribution in [0.4, 0.5) is 14.5 Å². The van der Waals surface area contributed by atoms with Gasteiger partial charge < -0.3 is 4.90 Å². The van der Waals surface area contributed by atoms with Crippen LogP contribution in [0.2, 0.25) is 0 Å². The molecular formula is C15H13F2NO. The van der Waals surface area contributed by atoms with Crippen LogP contribution in [0, 0.1) is 11.6 Å². The molecule has 0 aromatic heterocycles. The molecule has 0 N–H and O–H groups in total. The highest BCUT2D eigenvalue weighted by Gasteiger charge is 2.12. The van der Waals surface area contributed by atoms with Gasteiger partial charge in [-0.05, 0) is 36.4 Å². The lowest BCUT2D eigenvalue weighted by atomic mass is 10.1. The molecule has 0 aliphatic heterocycles. The number of likely N-dealkylation sites (N-methyl/N-ethyl adjacent to an activating group) is 1. The highest BCUT2D eigenvalue weighted by Crippen LogP contribution is 2.17. The van der Waals surface area contributed by atoms with Crippen molar-refractivity contribution in [2.45, 2.75) is 0 Å². The van der Waals surface area contributed by atoms with Gasteiger partial charge in [-0.3, -0.25) is 4.79 Å². The second kappa shape index (κ2) is 5.61. The van der Waals surface area contributed by atoms with Crippen molar-refractivity contribution in [3.63, 3.8) is 0 Å². The molecule has 2 aromatic carbocycles. The van der Waals surface area contributed by atoms with Crippen LogP contribution in [0.5, 0.6) is 0 Å². The van der Waals surface area contributed by atoms with Crippen molar-refractivity contribution in [1.82, 2.24) is 0 Å². The number of Topliss-reactive ketones (excluding diaryl/α,β-unsaturated/α-hetero) is 1. The molecule has 0 bridgehead atoms. The van der Waals surface area contributed by atoms with Crippen LogP contribution in [0.25, 0.3) is 0 Å². The number of nitrogens with zero attached hydrogens (tertiary/aromatic N) is 1. The van der Waals surface area contributed by atoms with Crippen LogP contribution in [0.15, 0.2) is 48.5 Å². The van der Waals surface area contributed by atoms with E-state index < -0.39 is 0 Å². The summed E-state index contributed by atoms with van der Waals surface area (Å²) in [7, 11) is 1.64. The van der Waals surface area contributed by atoms with E-state index in [1.807, 2.05) is 0 Å². The maximum Gasteiger partial charge on any atom is 0.182 e. The lowest BCUT2D eigenvalue weighted by Gasteiger charge is -2.18. The summed E-state index contributed by atoms with van der Waals surface area (Å²) in [6, 6.07) is 11.6. The number of ketones is 1. The largest absolute Gasteiger partial charge is 0.365 e. The fourth-order valence-electron chi connectivity index (χ4n) is 1.79. The van der Waals surface area contributed by atoms with E-state index in [9.17, 15) is 13.6 Å². The zero-order valence-electron chi connectivity index (χ0n) is 10.4. The van der Waals surface area contributed by atoms with Gasteiger partial charge in [-0.1, -0.05) is 12.1 Å². The first-order valence-corrected chi connectivity index (χ1v) is 5.82. The van der Waals surface area contributed by atoms with Gasteiger partial charge in [-0.15, -0.1) is 0 Å². The van der Waals surface area contributed by atoms with Crippen LogP contribution in [0.1, 0.15) is 10.4 Å². The van der Waals surface area contributed by atoms with E-state index in [-0.39, 0.29) is 24.0 Å². The molecular weight excluding hydrogens is 248 g/mol. The van der Waals surface area contributed by atoms with Gasteiger partial charge in [-0.25, -0.2) is 8.78 Å². The Labute approximate surface area is 110 Å². The van der Waals surface area contributed by atoms with Crippen molar-refractivity contribution in [2.24, 2.45) is 0 Å². The van der Waals surface area contributed by atoms with Crippen LogP contribution in [0.3, 0.4) is 0 Å². The molecule has 0 spiro atoms. The molecule has 0 saturated heterocycles. The van der Waals surface area contributed by atoms with Crippen molar-refractivity contribution in [3.05, 3.63) is 65.7 Å². The van der Waals surface area contributed by atoms with E-state index >= 15 is 0 Å². The minimum Gasteiger partial charge on any atom is -0.365 e. The van der Waals surface area contributed by atoms with E-state index in [4.69, 9.17) is 0 Å². The number of hydrogen-bond donors (Lipinski definition) is 0. The molecule has 98 valence electrons. The molecule has 0 saturated carbocycles. The first-order chi connectivity index (χ1) is 9.08. The molecule has 0 unspecified atom stereocenters. The number of anilines is 1. The van der Waals surface area contributed by atoms with Gasteiger partial charge in [0, 0.05) is 12.6 Å². The molecule has 0 fully saturated rings. The van der Waals surface area contributed by atoms with E-state index in [1.165, 1.54) is 35.2 Å². The van der Waals surface area contributed by atoms with Gasteiger partial charge in [-0.2, -0.15) is 0 Å². The Kier molecular flexibility index (Phi) is 3.90. The van der Waals surface area contributed by atoms with E-state index in [2.05, 4.69) is 0 Å². The average Bonchev–Trinajstić information content (AvgIpc) is 2.39. The maximum atomic E-state index is 13.5. The lowest BCUT2D eigenvalue weighted by Crippen LogP contribution is -2.26. The summed E-state index contributed by atoms with van der Waals surface area (Å²) in [5.41, 5.74) is 0.766. The van der Waals surface area contributed by atoms with E-state index in [0.717, 1.165) is 0 Å². The Balaban J connectivity index is 2.11. The van der Waals surface area contributed by atoms with Gasteiger partial charge in [0.05, 0.1) is 12.2 Å². The smallest absolute Gasteiger partial charge is 0.182 e. The number of hydrogen-bond acceptors (Lipinski definition) is 2. The Morgan fingerprint density at radius 2 is 1.68 bits per heavy atom. The third kappa shape index (κ3) is 3.16. The quantitative estimate of drug-likeness (QED) is 0.787. The fraction of sp³-hybridized carbons (Fsp3) is 0.133. The SMILES string of the molecule is CN(CC(=O)c1ccc(F)cc1)c1ccccc1F. The third-order valence-corrected chi connectivity index (χ3v) is 2.81. The normalized spacial score (nSPS) is 10.3. The molecule has 0 aliphatic rings. The molecule has 2 nitrogen and oxygen atoms in total. The van der Waals surface area contributed by atoms with E-state index in [0.29, 0.717) is 11.3 Å². The molecule has 2 aromatic rings. The number of rotatable bonds is 4. The highest BCUT2D eigenvalue weighted by atomic mass is 19.1. The van der Waals surface area contributed by atoms with Crippen molar-refractivity contribution in [3.8, 4) is 0 Å². The summed E-state index contributed by atoms with van der Waals surface area (Å²) in [5.74, 6) is -0.957. The average molecular weight is 261 g/mol. The summed E-state index contributed by atoms with van der Waals surface area (Å²) in [6.45, 7) is 0.0343. The summed E-state index contributed by atoms with van der Waals surface area (Å²) < 4.78 is 26.3. The molecule has 19 heavy (non-hydrogen) atoms. The van der Waals surface area contributed by atoms with Crippen molar-refractivity contribution >= 4 is 11.5 Å². The number of benzene rings is 2. The third-order valence-electron chi connectivity index (χ3n) is 2.81. The number of para-hydroxylation sites is 1. The summed E-state index contributed by atoms with van der Waals surface area (Å²) in [5, 5.41) is 0. The van der Waals surface area contributed by atoms with Crippen molar-refractivity contribution < 1.29 is 13.6 Å². The van der Waals surface area contributed by atoms with Crippen molar-refractivity contribution in [1.29, 1.82) is 0 Å². The molecule has 0 atom stereocenters. The van der Waals surface area contributed by atoms with Gasteiger partial charge in [0.1, 0.15) is 11.6 Å². The number of carbonyl (C=O) groups excluding carboxylic acids is 1. The highest BCUT2D eigenvalue weighted by molar-refractivity contribution is 5.99. The minimum atomic E-state index is -0.390. The number of halogens is 2. The summed E-state index contributed by atoms with van der Waals surface area (Å²) in [4.78, 5) is 13.5. The van der Waals surface area contributed by atoms with Gasteiger partial charge in [0.15, 0.2) is 5.78 Å². The van der Waals surface area contributed by atoms with Crippen LogP contribution in [-0.4, -0.2) is 19.4 Å². The zero-order chi connectivity index (χ0) is 13.8. The molecule has 2 rings (SSSR count). The molecule has 0 aliphatic carbocycles. The topological polar surface area (TPSA) is 20.3 Å².